The van der Waals surface area contributed by atoms with Gasteiger partial charge in [0.2, 0.25) is 5.91 Å². The molecule has 26 heavy (non-hydrogen) atoms. The van der Waals surface area contributed by atoms with Crippen LogP contribution in [-0.4, -0.2) is 30.6 Å². The maximum absolute atomic E-state index is 12.2. The Kier molecular flexibility index (Phi) is 7.21. The average molecular weight is 355 g/mol. The fraction of sp³-hybridized carbons (Fsp3) is 0.333. The summed E-state index contributed by atoms with van der Waals surface area (Å²) < 4.78 is 5.27. The molecule has 2 aromatic rings. The molecule has 138 valence electrons. The summed E-state index contributed by atoms with van der Waals surface area (Å²) in [6, 6.07) is 17.1. The number of hydrogen-bond acceptors (Lipinski definition) is 3. The Bertz CT molecular complexity index is 730. The van der Waals surface area contributed by atoms with Crippen LogP contribution < -0.4 is 10.1 Å². The van der Waals surface area contributed by atoms with E-state index in [1.54, 1.807) is 13.2 Å². The summed E-state index contributed by atoms with van der Waals surface area (Å²) in [7, 11) is 1.56. The maximum Gasteiger partial charge on any atom is 0.308 e. The predicted molar refractivity (Wildman–Crippen MR) is 100 cm³/mol. The number of hydrogen-bond donors (Lipinski definition) is 2. The zero-order chi connectivity index (χ0) is 18.9. The van der Waals surface area contributed by atoms with Crippen molar-refractivity contribution >= 4 is 11.9 Å². The highest BCUT2D eigenvalue weighted by Gasteiger charge is 2.21. The lowest BCUT2D eigenvalue weighted by molar-refractivity contribution is -0.141. The summed E-state index contributed by atoms with van der Waals surface area (Å²) in [6.45, 7) is 2.08. The highest BCUT2D eigenvalue weighted by Crippen LogP contribution is 2.21. The van der Waals surface area contributed by atoms with E-state index in [9.17, 15) is 14.7 Å². The van der Waals surface area contributed by atoms with Crippen molar-refractivity contribution < 1.29 is 19.4 Å². The van der Waals surface area contributed by atoms with Crippen molar-refractivity contribution in [2.45, 2.75) is 25.7 Å². The van der Waals surface area contributed by atoms with E-state index < -0.39 is 11.9 Å². The molecule has 0 heterocycles. The van der Waals surface area contributed by atoms with Crippen LogP contribution in [0.1, 0.15) is 30.4 Å². The standard InChI is InChI=1S/C21H25NO4/c1-15(16-8-4-3-5-9-16)12-20(23)22-14-18(21(24)25)13-17-10-6-7-11-19(17)26-2/h3-11,15,18H,12-14H2,1-2H3,(H,22,23)(H,24,25). The smallest absolute Gasteiger partial charge is 0.308 e. The molecule has 0 aromatic heterocycles. The van der Waals surface area contributed by atoms with Crippen LogP contribution in [0.3, 0.4) is 0 Å². The Morgan fingerprint density at radius 3 is 2.38 bits per heavy atom. The molecule has 5 nitrogen and oxygen atoms in total. The van der Waals surface area contributed by atoms with Crippen LogP contribution in [0.5, 0.6) is 5.75 Å². The second kappa shape index (κ2) is 9.61. The molecule has 0 aliphatic rings. The van der Waals surface area contributed by atoms with Crippen LogP contribution in [0.15, 0.2) is 54.6 Å². The summed E-state index contributed by atoms with van der Waals surface area (Å²) in [5.74, 6) is -1.06. The lowest BCUT2D eigenvalue weighted by Crippen LogP contribution is -2.34. The van der Waals surface area contributed by atoms with E-state index in [4.69, 9.17) is 4.74 Å². The van der Waals surface area contributed by atoms with Gasteiger partial charge in [-0.25, -0.2) is 0 Å². The zero-order valence-corrected chi connectivity index (χ0v) is 15.1. The second-order valence-electron chi connectivity index (χ2n) is 6.37. The van der Waals surface area contributed by atoms with Crippen LogP contribution in [0.25, 0.3) is 0 Å². The Hall–Kier alpha value is -2.82. The number of benzene rings is 2. The molecule has 2 rings (SSSR count). The zero-order valence-electron chi connectivity index (χ0n) is 15.1. The second-order valence-corrected chi connectivity index (χ2v) is 6.37. The van der Waals surface area contributed by atoms with Gasteiger partial charge >= 0.3 is 5.97 Å². The molecular weight excluding hydrogens is 330 g/mol. The first-order chi connectivity index (χ1) is 12.5. The number of ether oxygens (including phenoxy) is 1. The number of carbonyl (C=O) groups is 2. The Morgan fingerprint density at radius 2 is 1.73 bits per heavy atom. The lowest BCUT2D eigenvalue weighted by atomic mass is 9.96. The third-order valence-corrected chi connectivity index (χ3v) is 4.41. The first-order valence-electron chi connectivity index (χ1n) is 8.67. The molecule has 0 aliphatic heterocycles. The first-order valence-corrected chi connectivity index (χ1v) is 8.67. The van der Waals surface area contributed by atoms with E-state index in [0.29, 0.717) is 18.6 Å². The van der Waals surface area contributed by atoms with Crippen molar-refractivity contribution in [3.05, 3.63) is 65.7 Å². The number of methoxy groups -OCH3 is 1. The summed E-state index contributed by atoms with van der Waals surface area (Å²) >= 11 is 0. The minimum absolute atomic E-state index is 0.0775. The summed E-state index contributed by atoms with van der Waals surface area (Å²) in [5.41, 5.74) is 1.90. The van der Waals surface area contributed by atoms with Gasteiger partial charge in [0.1, 0.15) is 5.75 Å². The monoisotopic (exact) mass is 355 g/mol. The van der Waals surface area contributed by atoms with Crippen LogP contribution in [0, 0.1) is 5.92 Å². The van der Waals surface area contributed by atoms with E-state index in [2.05, 4.69) is 5.32 Å². The highest BCUT2D eigenvalue weighted by atomic mass is 16.5. The van der Waals surface area contributed by atoms with Crippen molar-refractivity contribution in [2.75, 3.05) is 13.7 Å². The number of carbonyl (C=O) groups excluding carboxylic acids is 1. The molecule has 2 N–H and O–H groups in total. The summed E-state index contributed by atoms with van der Waals surface area (Å²) in [4.78, 5) is 23.8. The highest BCUT2D eigenvalue weighted by molar-refractivity contribution is 5.78. The van der Waals surface area contributed by atoms with Gasteiger partial charge in [-0.2, -0.15) is 0 Å². The third kappa shape index (κ3) is 5.62. The number of carboxylic acids is 1. The Balaban J connectivity index is 1.91. The first kappa shape index (κ1) is 19.5. The van der Waals surface area contributed by atoms with Gasteiger partial charge in [-0.1, -0.05) is 55.5 Å². The number of carboxylic acid groups (broad SMARTS) is 1. The van der Waals surface area contributed by atoms with Crippen LogP contribution in [0.2, 0.25) is 0 Å². The van der Waals surface area contributed by atoms with E-state index in [1.807, 2.05) is 55.5 Å². The average Bonchev–Trinajstić information content (AvgIpc) is 2.65. The number of nitrogens with one attached hydrogen (secondary N) is 1. The molecule has 0 saturated carbocycles. The van der Waals surface area contributed by atoms with Gasteiger partial charge in [-0.3, -0.25) is 9.59 Å². The fourth-order valence-electron chi connectivity index (χ4n) is 2.87. The molecule has 2 atom stereocenters. The van der Waals surface area contributed by atoms with Crippen molar-refractivity contribution in [2.24, 2.45) is 5.92 Å². The van der Waals surface area contributed by atoms with E-state index in [0.717, 1.165) is 11.1 Å². The van der Waals surface area contributed by atoms with Crippen LogP contribution in [0.4, 0.5) is 0 Å². The minimum atomic E-state index is -0.938. The Morgan fingerprint density at radius 1 is 1.08 bits per heavy atom. The van der Waals surface area contributed by atoms with Crippen LogP contribution >= 0.6 is 0 Å². The van der Waals surface area contributed by atoms with Crippen molar-refractivity contribution in [3.8, 4) is 5.75 Å². The molecule has 1 amide bonds. The maximum atomic E-state index is 12.2. The topological polar surface area (TPSA) is 75.6 Å². The van der Waals surface area contributed by atoms with E-state index in [-0.39, 0.29) is 18.4 Å². The minimum Gasteiger partial charge on any atom is -0.496 e. The van der Waals surface area contributed by atoms with Gasteiger partial charge in [0.05, 0.1) is 13.0 Å². The molecule has 0 spiro atoms. The van der Waals surface area contributed by atoms with E-state index in [1.165, 1.54) is 0 Å². The molecule has 0 saturated heterocycles. The van der Waals surface area contributed by atoms with Crippen LogP contribution in [-0.2, 0) is 16.0 Å². The largest absolute Gasteiger partial charge is 0.496 e. The lowest BCUT2D eigenvalue weighted by Gasteiger charge is -2.17. The molecule has 0 bridgehead atoms. The van der Waals surface area contributed by atoms with Gasteiger partial charge in [0.25, 0.3) is 0 Å². The SMILES string of the molecule is COc1ccccc1CC(CNC(=O)CC(C)c1ccccc1)C(=O)O. The third-order valence-electron chi connectivity index (χ3n) is 4.41. The normalized spacial score (nSPS) is 12.8. The van der Waals surface area contributed by atoms with Gasteiger partial charge in [-0.15, -0.1) is 0 Å². The van der Waals surface area contributed by atoms with Crippen molar-refractivity contribution in [1.82, 2.24) is 5.32 Å². The number of amides is 1. The molecule has 2 unspecified atom stereocenters. The number of rotatable bonds is 9. The quantitative estimate of drug-likeness (QED) is 0.724. The summed E-state index contributed by atoms with van der Waals surface area (Å²) in [5, 5.41) is 12.2. The predicted octanol–water partition coefficient (Wildman–Crippen LogP) is 3.25. The Labute approximate surface area is 154 Å². The number of para-hydroxylation sites is 1. The molecule has 0 aliphatic carbocycles. The van der Waals surface area contributed by atoms with Crippen molar-refractivity contribution in [1.29, 1.82) is 0 Å². The fourth-order valence-corrected chi connectivity index (χ4v) is 2.87. The molecule has 2 aromatic carbocycles. The van der Waals surface area contributed by atoms with E-state index >= 15 is 0 Å². The van der Waals surface area contributed by atoms with Gasteiger partial charge in [0.15, 0.2) is 0 Å². The van der Waals surface area contributed by atoms with Gasteiger partial charge in [-0.05, 0) is 29.5 Å². The molecule has 0 fully saturated rings. The van der Waals surface area contributed by atoms with Gasteiger partial charge < -0.3 is 15.2 Å². The van der Waals surface area contributed by atoms with Crippen molar-refractivity contribution in [3.63, 3.8) is 0 Å². The number of aliphatic carboxylic acids is 1. The van der Waals surface area contributed by atoms with Gasteiger partial charge in [0, 0.05) is 13.0 Å². The summed E-state index contributed by atoms with van der Waals surface area (Å²) in [6.07, 6.45) is 0.624. The molecular formula is C21H25NO4. The molecule has 0 radical (unpaired) electrons. The molecule has 5 heteroatoms.